The Labute approximate surface area is 207 Å². The average molecular weight is 573 g/mol. The molecule has 1 aliphatic heterocycles. The van der Waals surface area contributed by atoms with E-state index in [4.69, 9.17) is 16.3 Å². The van der Waals surface area contributed by atoms with Crippen LogP contribution in [-0.2, 0) is 11.4 Å². The number of nitriles is 1. The van der Waals surface area contributed by atoms with Gasteiger partial charge in [0, 0.05) is 10.6 Å². The van der Waals surface area contributed by atoms with Crippen molar-refractivity contribution < 1.29 is 14.3 Å². The average Bonchev–Trinajstić information content (AvgIpc) is 3.06. The van der Waals surface area contributed by atoms with Crippen molar-refractivity contribution in [3.05, 3.63) is 96.9 Å². The second-order valence-corrected chi connectivity index (χ2v) is 9.34. The highest BCUT2D eigenvalue weighted by atomic mass is 127. The molecule has 0 spiro atoms. The van der Waals surface area contributed by atoms with Crippen LogP contribution in [0.1, 0.15) is 16.7 Å². The zero-order chi connectivity index (χ0) is 22.7. The molecule has 0 N–H and O–H groups in total. The molecule has 1 heterocycles. The largest absolute Gasteiger partial charge is 0.488 e. The van der Waals surface area contributed by atoms with Crippen LogP contribution >= 0.6 is 46.0 Å². The molecule has 0 atom stereocenters. The van der Waals surface area contributed by atoms with E-state index in [0.29, 0.717) is 26.9 Å². The summed E-state index contributed by atoms with van der Waals surface area (Å²) in [6.07, 6.45) is 1.69. The molecular weight excluding hydrogens is 559 g/mol. The van der Waals surface area contributed by atoms with Gasteiger partial charge in [-0.15, -0.1) is 0 Å². The van der Waals surface area contributed by atoms with E-state index >= 15 is 0 Å². The van der Waals surface area contributed by atoms with Crippen molar-refractivity contribution >= 4 is 68.9 Å². The van der Waals surface area contributed by atoms with Crippen LogP contribution in [-0.4, -0.2) is 11.1 Å². The molecule has 1 fully saturated rings. The van der Waals surface area contributed by atoms with Crippen LogP contribution in [0.15, 0.2) is 71.6 Å². The maximum Gasteiger partial charge on any atom is 0.298 e. The molecule has 5 nitrogen and oxygen atoms in total. The molecule has 8 heteroatoms. The lowest BCUT2D eigenvalue weighted by Crippen LogP contribution is -2.27. The van der Waals surface area contributed by atoms with Gasteiger partial charge in [0.25, 0.3) is 11.1 Å². The molecule has 0 radical (unpaired) electrons. The van der Waals surface area contributed by atoms with Crippen molar-refractivity contribution in [2.75, 3.05) is 4.90 Å². The van der Waals surface area contributed by atoms with Crippen LogP contribution < -0.4 is 9.64 Å². The van der Waals surface area contributed by atoms with Crippen molar-refractivity contribution in [2.45, 2.75) is 6.61 Å². The minimum absolute atomic E-state index is 0.275. The second-order valence-electron chi connectivity index (χ2n) is 6.74. The number of hydrogen-bond donors (Lipinski definition) is 0. The van der Waals surface area contributed by atoms with Crippen LogP contribution in [0.5, 0.6) is 5.75 Å². The van der Waals surface area contributed by atoms with Crippen molar-refractivity contribution in [1.29, 1.82) is 5.26 Å². The molecule has 32 heavy (non-hydrogen) atoms. The van der Waals surface area contributed by atoms with E-state index in [1.165, 1.54) is 0 Å². The van der Waals surface area contributed by atoms with Crippen LogP contribution in [0.25, 0.3) is 6.08 Å². The van der Waals surface area contributed by atoms with Gasteiger partial charge >= 0.3 is 0 Å². The monoisotopic (exact) mass is 572 g/mol. The summed E-state index contributed by atoms with van der Waals surface area (Å²) in [5.41, 5.74) is 2.61. The summed E-state index contributed by atoms with van der Waals surface area (Å²) in [5.74, 6) is 0.285. The van der Waals surface area contributed by atoms with Gasteiger partial charge < -0.3 is 4.74 Å². The van der Waals surface area contributed by atoms with E-state index in [1.54, 1.807) is 36.4 Å². The maximum absolute atomic E-state index is 12.8. The Kier molecular flexibility index (Phi) is 6.84. The van der Waals surface area contributed by atoms with Gasteiger partial charge in [0.15, 0.2) is 0 Å². The molecular formula is C24H14ClIN2O3S. The number of halogens is 2. The first kappa shape index (κ1) is 22.4. The predicted octanol–water partition coefficient (Wildman–Crippen LogP) is 6.64. The summed E-state index contributed by atoms with van der Waals surface area (Å²) in [6.45, 7) is 0.275. The van der Waals surface area contributed by atoms with Crippen molar-refractivity contribution in [3.8, 4) is 11.8 Å². The minimum atomic E-state index is -0.384. The van der Waals surface area contributed by atoms with E-state index in [2.05, 4.69) is 28.7 Å². The summed E-state index contributed by atoms with van der Waals surface area (Å²) in [7, 11) is 0. The maximum atomic E-state index is 12.8. The number of carbonyl (C=O) groups is 2. The molecule has 158 valence electrons. The number of ether oxygens (including phenoxy) is 1. The zero-order valence-corrected chi connectivity index (χ0v) is 20.1. The van der Waals surface area contributed by atoms with Crippen LogP contribution in [0.2, 0.25) is 5.02 Å². The van der Waals surface area contributed by atoms with Crippen LogP contribution in [0.4, 0.5) is 10.5 Å². The Balaban J connectivity index is 1.51. The van der Waals surface area contributed by atoms with Gasteiger partial charge in [-0.2, -0.15) is 5.26 Å². The van der Waals surface area contributed by atoms with E-state index in [9.17, 15) is 14.9 Å². The number of anilines is 1. The third-order valence-electron chi connectivity index (χ3n) is 4.63. The number of benzene rings is 3. The fraction of sp³-hybridized carbons (Fsp3) is 0.0417. The van der Waals surface area contributed by atoms with Gasteiger partial charge in [-0.05, 0) is 82.4 Å². The van der Waals surface area contributed by atoms with Gasteiger partial charge in [0.05, 0.1) is 25.8 Å². The topological polar surface area (TPSA) is 70.4 Å². The van der Waals surface area contributed by atoms with E-state index in [0.717, 1.165) is 31.4 Å². The summed E-state index contributed by atoms with van der Waals surface area (Å²) in [5, 5.41) is 9.30. The van der Waals surface area contributed by atoms with Crippen molar-refractivity contribution in [3.63, 3.8) is 0 Å². The molecule has 1 saturated heterocycles. The lowest BCUT2D eigenvalue weighted by atomic mass is 10.1. The van der Waals surface area contributed by atoms with Gasteiger partial charge in [-0.3, -0.25) is 9.59 Å². The lowest BCUT2D eigenvalue weighted by molar-refractivity contribution is -0.113. The zero-order valence-electron chi connectivity index (χ0n) is 16.4. The molecule has 0 unspecified atom stereocenters. The lowest BCUT2D eigenvalue weighted by Gasteiger charge is -2.12. The summed E-state index contributed by atoms with van der Waals surface area (Å²) in [4.78, 5) is 26.7. The highest BCUT2D eigenvalue weighted by molar-refractivity contribution is 14.1. The van der Waals surface area contributed by atoms with Crippen molar-refractivity contribution in [1.82, 2.24) is 0 Å². The predicted molar refractivity (Wildman–Crippen MR) is 135 cm³/mol. The molecule has 1 aliphatic rings. The standard InChI is InChI=1S/C24H14ClIN2O3S/c25-18-6-3-7-19(12-18)28-23(29)22(32-24(28)30)11-15-8-9-21(20(26)10-15)31-14-17-5-2-1-4-16(17)13-27/h1-12H,14H2/b22-11+. The third kappa shape index (κ3) is 4.83. The van der Waals surface area contributed by atoms with Crippen LogP contribution in [0, 0.1) is 14.9 Å². The van der Waals surface area contributed by atoms with Gasteiger partial charge in [0.2, 0.25) is 0 Å². The molecule has 3 aromatic rings. The molecule has 0 aromatic heterocycles. The number of rotatable bonds is 5. The highest BCUT2D eigenvalue weighted by Gasteiger charge is 2.36. The van der Waals surface area contributed by atoms with Gasteiger partial charge in [0.1, 0.15) is 12.4 Å². The fourth-order valence-corrected chi connectivity index (χ4v) is 4.81. The molecule has 4 rings (SSSR count). The summed E-state index contributed by atoms with van der Waals surface area (Å²) >= 11 is 9.05. The normalized spacial score (nSPS) is 14.7. The Morgan fingerprint density at radius 1 is 1.09 bits per heavy atom. The van der Waals surface area contributed by atoms with Crippen LogP contribution in [0.3, 0.4) is 0 Å². The summed E-state index contributed by atoms with van der Waals surface area (Å²) < 4.78 is 6.74. The van der Waals surface area contributed by atoms with E-state index in [-0.39, 0.29) is 17.8 Å². The minimum Gasteiger partial charge on any atom is -0.488 e. The van der Waals surface area contributed by atoms with Crippen molar-refractivity contribution in [2.24, 2.45) is 0 Å². The number of carbonyl (C=O) groups excluding carboxylic acids is 2. The Morgan fingerprint density at radius 2 is 1.91 bits per heavy atom. The number of thioether (sulfide) groups is 1. The highest BCUT2D eigenvalue weighted by Crippen LogP contribution is 2.37. The SMILES string of the molecule is N#Cc1ccccc1COc1ccc(/C=C2/SC(=O)N(c3cccc(Cl)c3)C2=O)cc1I. The third-order valence-corrected chi connectivity index (χ3v) is 6.58. The van der Waals surface area contributed by atoms with Gasteiger partial charge in [-0.1, -0.05) is 41.9 Å². The first-order chi connectivity index (χ1) is 15.5. The quantitative estimate of drug-likeness (QED) is 0.253. The molecule has 0 aliphatic carbocycles. The second kappa shape index (κ2) is 9.77. The molecule has 0 saturated carbocycles. The van der Waals surface area contributed by atoms with E-state index in [1.807, 2.05) is 36.4 Å². The van der Waals surface area contributed by atoms with E-state index < -0.39 is 0 Å². The number of nitrogens with zero attached hydrogens (tertiary/aromatic N) is 2. The first-order valence-electron chi connectivity index (χ1n) is 9.40. The van der Waals surface area contributed by atoms with Gasteiger partial charge in [-0.25, -0.2) is 4.90 Å². The Morgan fingerprint density at radius 3 is 2.66 bits per heavy atom. The Bertz CT molecular complexity index is 1300. The molecule has 2 amide bonds. The fourth-order valence-electron chi connectivity index (χ4n) is 3.09. The first-order valence-corrected chi connectivity index (χ1v) is 11.7. The number of imide groups is 1. The Hall–Kier alpha value is -2.80. The molecule has 3 aromatic carbocycles. The smallest absolute Gasteiger partial charge is 0.298 e. The summed E-state index contributed by atoms with van der Waals surface area (Å²) in [6, 6.07) is 21.6. The molecule has 0 bridgehead atoms. The number of hydrogen-bond acceptors (Lipinski definition) is 5. The number of amides is 2.